The molecule has 0 spiro atoms. The monoisotopic (exact) mass is 320 g/mol. The molecule has 0 heterocycles. The number of fused-ring (bicyclic) bond motifs is 5. The molecule has 3 fully saturated rings. The van der Waals surface area contributed by atoms with Crippen LogP contribution in [-0.2, 0) is 0 Å². The normalized spacial score (nSPS) is 46.9. The first-order valence-corrected chi connectivity index (χ1v) is 10.5. The summed E-state index contributed by atoms with van der Waals surface area (Å²) in [7, 11) is 0. The quantitative estimate of drug-likeness (QED) is 0.512. The first-order valence-electron chi connectivity index (χ1n) is 10.5. The van der Waals surface area contributed by atoms with Crippen molar-refractivity contribution < 1.29 is 0 Å². The molecule has 4 aliphatic rings. The molecule has 3 saturated carbocycles. The van der Waals surface area contributed by atoms with Crippen molar-refractivity contribution in [3.63, 3.8) is 0 Å². The van der Waals surface area contributed by atoms with Crippen molar-refractivity contribution >= 4 is 0 Å². The van der Waals surface area contributed by atoms with E-state index < -0.39 is 0 Å². The molecule has 0 N–H and O–H groups in total. The van der Waals surface area contributed by atoms with Crippen LogP contribution in [0.25, 0.3) is 0 Å². The van der Waals surface area contributed by atoms with Gasteiger partial charge in [-0.3, -0.25) is 0 Å². The van der Waals surface area contributed by atoms with Gasteiger partial charge in [0, 0.05) is 0 Å². The smallest absolute Gasteiger partial charge is 0.0120 e. The second-order valence-corrected chi connectivity index (χ2v) is 9.54. The molecule has 7 atom stereocenters. The zero-order valence-electron chi connectivity index (χ0n) is 15.2. The van der Waals surface area contributed by atoms with Gasteiger partial charge < -0.3 is 0 Å². The van der Waals surface area contributed by atoms with E-state index in [4.69, 9.17) is 0 Å². The Balaban J connectivity index is 1.58. The number of hydrogen-bond donors (Lipinski definition) is 0. The van der Waals surface area contributed by atoms with Gasteiger partial charge in [-0.25, -0.2) is 0 Å². The molecule has 128 valence electrons. The Labute approximate surface area is 147 Å². The first-order chi connectivity index (χ1) is 11.8. The van der Waals surface area contributed by atoms with Crippen LogP contribution in [0.1, 0.15) is 69.8 Å². The lowest BCUT2D eigenvalue weighted by atomic mass is 9.47. The summed E-state index contributed by atoms with van der Waals surface area (Å²) in [6.45, 7) is 2.64. The molecule has 0 radical (unpaired) electrons. The molecule has 0 aliphatic heterocycles. The maximum Gasteiger partial charge on any atom is -0.0120 e. The van der Waals surface area contributed by atoms with Crippen molar-refractivity contribution in [2.75, 3.05) is 0 Å². The van der Waals surface area contributed by atoms with Crippen LogP contribution < -0.4 is 0 Å². The van der Waals surface area contributed by atoms with Gasteiger partial charge in [0.2, 0.25) is 0 Å². The summed E-state index contributed by atoms with van der Waals surface area (Å²) in [5.41, 5.74) is 2.26. The molecular formula is C24H32. The summed E-state index contributed by atoms with van der Waals surface area (Å²) in [6, 6.07) is 11.6. The van der Waals surface area contributed by atoms with E-state index in [0.29, 0.717) is 5.41 Å². The summed E-state index contributed by atoms with van der Waals surface area (Å²) in [4.78, 5) is 0. The highest BCUT2D eigenvalue weighted by Crippen LogP contribution is 2.65. The van der Waals surface area contributed by atoms with E-state index in [1.54, 1.807) is 5.56 Å². The van der Waals surface area contributed by atoms with Gasteiger partial charge in [0.1, 0.15) is 0 Å². The molecular weight excluding hydrogens is 288 g/mol. The van der Waals surface area contributed by atoms with Crippen LogP contribution in [0.4, 0.5) is 0 Å². The Morgan fingerprint density at radius 3 is 2.75 bits per heavy atom. The maximum absolute atomic E-state index is 2.65. The van der Waals surface area contributed by atoms with Crippen LogP contribution in [0, 0.1) is 35.0 Å². The average Bonchev–Trinajstić information content (AvgIpc) is 3.03. The summed E-state index contributed by atoms with van der Waals surface area (Å²) in [5, 5.41) is 0. The van der Waals surface area contributed by atoms with Gasteiger partial charge in [0.05, 0.1) is 0 Å². The molecule has 5 rings (SSSR count). The second kappa shape index (κ2) is 5.75. The van der Waals surface area contributed by atoms with Crippen LogP contribution in [0.3, 0.4) is 0 Å². The van der Waals surface area contributed by atoms with Crippen molar-refractivity contribution in [3.8, 4) is 0 Å². The highest BCUT2D eigenvalue weighted by molar-refractivity contribution is 5.25. The Kier molecular flexibility index (Phi) is 3.65. The Bertz CT molecular complexity index is 614. The van der Waals surface area contributed by atoms with E-state index in [-0.39, 0.29) is 0 Å². The zero-order valence-corrected chi connectivity index (χ0v) is 15.2. The molecule has 1 aromatic rings. The maximum atomic E-state index is 2.65. The number of benzene rings is 1. The van der Waals surface area contributed by atoms with Crippen molar-refractivity contribution in [2.45, 2.75) is 64.2 Å². The molecule has 4 aliphatic carbocycles. The van der Waals surface area contributed by atoms with E-state index in [0.717, 1.165) is 35.5 Å². The molecule has 0 nitrogen and oxygen atoms in total. The van der Waals surface area contributed by atoms with Crippen molar-refractivity contribution in [3.05, 3.63) is 48.0 Å². The number of hydrogen-bond acceptors (Lipinski definition) is 0. The third kappa shape index (κ3) is 2.25. The van der Waals surface area contributed by atoms with Crippen molar-refractivity contribution in [2.24, 2.45) is 35.0 Å². The molecule has 0 bridgehead atoms. The van der Waals surface area contributed by atoms with E-state index in [1.807, 2.05) is 0 Å². The molecule has 0 saturated heterocycles. The van der Waals surface area contributed by atoms with Gasteiger partial charge in [-0.2, -0.15) is 0 Å². The first kappa shape index (κ1) is 15.2. The van der Waals surface area contributed by atoms with Gasteiger partial charge in [0.15, 0.2) is 0 Å². The van der Waals surface area contributed by atoms with Crippen LogP contribution in [0.5, 0.6) is 0 Å². The SMILES string of the molecule is C[C@@]12CCC[C@H]1[C@@H]1CCC3CCC=C[C@@H]3[C@H]1[C@@H](c1ccccc1)C2. The lowest BCUT2D eigenvalue weighted by Crippen LogP contribution is -2.49. The highest BCUT2D eigenvalue weighted by Gasteiger charge is 2.56. The fraction of sp³-hybridized carbons (Fsp3) is 0.667. The lowest BCUT2D eigenvalue weighted by molar-refractivity contribution is -0.0420. The van der Waals surface area contributed by atoms with Gasteiger partial charge in [-0.05, 0) is 91.4 Å². The van der Waals surface area contributed by atoms with E-state index in [9.17, 15) is 0 Å². The average molecular weight is 321 g/mol. The zero-order chi connectivity index (χ0) is 16.1. The minimum absolute atomic E-state index is 0.618. The fourth-order valence-corrected chi connectivity index (χ4v) is 7.54. The van der Waals surface area contributed by atoms with E-state index in [1.165, 1.54) is 51.4 Å². The van der Waals surface area contributed by atoms with Crippen molar-refractivity contribution in [1.29, 1.82) is 0 Å². The number of allylic oxidation sites excluding steroid dienone is 2. The highest BCUT2D eigenvalue weighted by atomic mass is 14.6. The number of rotatable bonds is 1. The van der Waals surface area contributed by atoms with Gasteiger partial charge in [-0.1, -0.05) is 55.8 Å². The van der Waals surface area contributed by atoms with Crippen LogP contribution >= 0.6 is 0 Å². The summed E-state index contributed by atoms with van der Waals surface area (Å²) < 4.78 is 0. The molecule has 24 heavy (non-hydrogen) atoms. The molecule has 0 amide bonds. The van der Waals surface area contributed by atoms with Crippen molar-refractivity contribution in [1.82, 2.24) is 0 Å². The second-order valence-electron chi connectivity index (χ2n) is 9.54. The molecule has 0 aromatic heterocycles. The van der Waals surface area contributed by atoms with Crippen LogP contribution in [-0.4, -0.2) is 0 Å². The van der Waals surface area contributed by atoms with Gasteiger partial charge in [0.25, 0.3) is 0 Å². The summed E-state index contributed by atoms with van der Waals surface area (Å²) in [6.07, 6.45) is 16.9. The molecule has 0 heteroatoms. The molecule has 1 unspecified atom stereocenters. The summed E-state index contributed by atoms with van der Waals surface area (Å²) >= 11 is 0. The Hall–Kier alpha value is -1.04. The molecule has 1 aromatic carbocycles. The Morgan fingerprint density at radius 1 is 1.00 bits per heavy atom. The fourth-order valence-electron chi connectivity index (χ4n) is 7.54. The predicted molar refractivity (Wildman–Crippen MR) is 101 cm³/mol. The third-order valence-electron chi connectivity index (χ3n) is 8.47. The largest absolute Gasteiger partial charge is 0.0882 e. The lowest BCUT2D eigenvalue weighted by Gasteiger charge is -2.57. The third-order valence-corrected chi connectivity index (χ3v) is 8.47. The van der Waals surface area contributed by atoms with Crippen LogP contribution in [0.2, 0.25) is 0 Å². The van der Waals surface area contributed by atoms with E-state index in [2.05, 4.69) is 49.4 Å². The minimum atomic E-state index is 0.618. The minimum Gasteiger partial charge on any atom is -0.0882 e. The Morgan fingerprint density at radius 2 is 1.88 bits per heavy atom. The summed E-state index contributed by atoms with van der Waals surface area (Å²) in [5.74, 6) is 5.56. The van der Waals surface area contributed by atoms with E-state index >= 15 is 0 Å². The predicted octanol–water partition coefficient (Wildman–Crippen LogP) is 6.59. The topological polar surface area (TPSA) is 0 Å². The van der Waals surface area contributed by atoms with Crippen LogP contribution in [0.15, 0.2) is 42.5 Å². The van der Waals surface area contributed by atoms with Gasteiger partial charge >= 0.3 is 0 Å². The standard InChI is InChI=1S/C24H32/c1-24-15-7-12-22(24)20-14-13-18-10-5-6-11-19(18)23(20)21(16-24)17-8-3-2-4-9-17/h2-4,6,8-9,11,18-23H,5,7,10,12-16H2,1H3/t18?,19-,20-,21+,22-,23+,24-/m0/s1. The van der Waals surface area contributed by atoms with Gasteiger partial charge in [-0.15, -0.1) is 0 Å².